The molecule has 0 fully saturated rings. The number of hydrogen-bond donors (Lipinski definition) is 3. The summed E-state index contributed by atoms with van der Waals surface area (Å²) in [5, 5.41) is 7.85. The van der Waals surface area contributed by atoms with E-state index < -0.39 is 18.8 Å². The molecule has 3 N–H and O–H groups in total. The van der Waals surface area contributed by atoms with Gasteiger partial charge in [-0.2, -0.15) is 13.2 Å². The molecular weight excluding hydrogens is 399 g/mol. The lowest BCUT2D eigenvalue weighted by molar-refractivity contribution is -0.176. The van der Waals surface area contributed by atoms with Gasteiger partial charge in [-0.05, 0) is 29.2 Å². The van der Waals surface area contributed by atoms with Gasteiger partial charge in [0.05, 0.1) is 13.2 Å². The normalized spacial score (nSPS) is 11.1. The van der Waals surface area contributed by atoms with Crippen LogP contribution in [0.15, 0.2) is 48.5 Å². The van der Waals surface area contributed by atoms with Gasteiger partial charge in [0.25, 0.3) is 0 Å². The summed E-state index contributed by atoms with van der Waals surface area (Å²) < 4.78 is 40.8. The first-order chi connectivity index (χ1) is 14.3. The molecule has 0 spiro atoms. The van der Waals surface area contributed by atoms with Gasteiger partial charge < -0.3 is 20.7 Å². The van der Waals surface area contributed by atoms with Crippen molar-refractivity contribution in [3.63, 3.8) is 0 Å². The molecular formula is C21H24F3N3O3. The molecule has 0 saturated heterocycles. The third-order valence-corrected chi connectivity index (χ3v) is 4.09. The molecule has 0 saturated carbocycles. The van der Waals surface area contributed by atoms with Gasteiger partial charge in [-0.3, -0.25) is 4.79 Å². The van der Waals surface area contributed by atoms with E-state index in [-0.39, 0.29) is 25.6 Å². The number of amides is 3. The molecule has 9 heteroatoms. The van der Waals surface area contributed by atoms with E-state index in [9.17, 15) is 22.8 Å². The molecule has 30 heavy (non-hydrogen) atoms. The van der Waals surface area contributed by atoms with E-state index in [1.54, 1.807) is 30.3 Å². The zero-order valence-corrected chi connectivity index (χ0v) is 16.5. The van der Waals surface area contributed by atoms with Crippen LogP contribution in [0.4, 0.5) is 23.7 Å². The number of urea groups is 1. The summed E-state index contributed by atoms with van der Waals surface area (Å²) in [6, 6.07) is 13.5. The molecule has 2 aromatic carbocycles. The van der Waals surface area contributed by atoms with Crippen LogP contribution in [0.25, 0.3) is 0 Å². The second-order valence-electron chi connectivity index (χ2n) is 6.52. The van der Waals surface area contributed by atoms with E-state index in [2.05, 4.69) is 20.7 Å². The summed E-state index contributed by atoms with van der Waals surface area (Å²) in [7, 11) is 0. The van der Waals surface area contributed by atoms with E-state index >= 15 is 0 Å². The standard InChI is InChI=1S/C21H24F3N3O3/c1-2-17-5-3-4-6-18(17)27-19(28)12-26-20(29)25-11-15-7-9-16(10-8-15)13-30-14-21(22,23)24/h3-10H,2,11-14H2,1H3,(H,27,28)(H2,25,26,29). The van der Waals surface area contributed by atoms with Crippen molar-refractivity contribution in [1.29, 1.82) is 0 Å². The van der Waals surface area contributed by atoms with Crippen LogP contribution in [0.3, 0.4) is 0 Å². The maximum absolute atomic E-state index is 12.1. The van der Waals surface area contributed by atoms with Gasteiger partial charge in [0.15, 0.2) is 0 Å². The van der Waals surface area contributed by atoms with Crippen molar-refractivity contribution >= 4 is 17.6 Å². The Balaban J connectivity index is 1.69. The van der Waals surface area contributed by atoms with Crippen LogP contribution in [0.2, 0.25) is 0 Å². The average Bonchev–Trinajstić information content (AvgIpc) is 2.71. The fourth-order valence-electron chi connectivity index (χ4n) is 2.59. The van der Waals surface area contributed by atoms with Crippen molar-refractivity contribution in [2.24, 2.45) is 0 Å². The maximum atomic E-state index is 12.1. The summed E-state index contributed by atoms with van der Waals surface area (Å²) >= 11 is 0. The molecule has 0 bridgehead atoms. The fraction of sp³-hybridized carbons (Fsp3) is 0.333. The number of rotatable bonds is 9. The second-order valence-corrected chi connectivity index (χ2v) is 6.52. The van der Waals surface area contributed by atoms with E-state index in [0.29, 0.717) is 11.3 Å². The Morgan fingerprint density at radius 3 is 2.30 bits per heavy atom. The third-order valence-electron chi connectivity index (χ3n) is 4.09. The molecule has 0 aromatic heterocycles. The molecule has 0 atom stereocenters. The molecule has 0 unspecified atom stereocenters. The van der Waals surface area contributed by atoms with Gasteiger partial charge in [0.1, 0.15) is 6.61 Å². The SMILES string of the molecule is CCc1ccccc1NC(=O)CNC(=O)NCc1ccc(COCC(F)(F)F)cc1. The smallest absolute Gasteiger partial charge is 0.367 e. The first kappa shape index (κ1) is 23.2. The van der Waals surface area contributed by atoms with Gasteiger partial charge in [-0.15, -0.1) is 0 Å². The third kappa shape index (κ3) is 8.52. The fourth-order valence-corrected chi connectivity index (χ4v) is 2.59. The molecule has 0 heterocycles. The number of aryl methyl sites for hydroxylation is 1. The number of alkyl halides is 3. The Bertz CT molecular complexity index is 839. The van der Waals surface area contributed by atoms with Gasteiger partial charge in [-0.25, -0.2) is 4.79 Å². The molecule has 2 rings (SSSR count). The Morgan fingerprint density at radius 1 is 0.967 bits per heavy atom. The van der Waals surface area contributed by atoms with Crippen LogP contribution in [-0.4, -0.2) is 31.3 Å². The summed E-state index contributed by atoms with van der Waals surface area (Å²) in [5.74, 6) is -0.339. The van der Waals surface area contributed by atoms with Crippen molar-refractivity contribution in [2.45, 2.75) is 32.7 Å². The Morgan fingerprint density at radius 2 is 1.63 bits per heavy atom. The molecule has 6 nitrogen and oxygen atoms in total. The zero-order chi connectivity index (χ0) is 22.0. The van der Waals surface area contributed by atoms with Crippen LogP contribution in [-0.2, 0) is 29.1 Å². The summed E-state index contributed by atoms with van der Waals surface area (Å²) in [6.07, 6.45) is -3.58. The molecule has 162 valence electrons. The van der Waals surface area contributed by atoms with Gasteiger partial charge in [0, 0.05) is 12.2 Å². The number of anilines is 1. The highest BCUT2D eigenvalue weighted by molar-refractivity contribution is 5.94. The van der Waals surface area contributed by atoms with Crippen molar-refractivity contribution in [3.05, 3.63) is 65.2 Å². The largest absolute Gasteiger partial charge is 0.411 e. The van der Waals surface area contributed by atoms with Gasteiger partial charge in [-0.1, -0.05) is 49.4 Å². The lowest BCUT2D eigenvalue weighted by Gasteiger charge is -2.11. The predicted octanol–water partition coefficient (Wildman–Crippen LogP) is 3.77. The monoisotopic (exact) mass is 423 g/mol. The molecule has 0 aliphatic rings. The number of hydrogen-bond acceptors (Lipinski definition) is 3. The maximum Gasteiger partial charge on any atom is 0.411 e. The number of halogens is 3. The van der Waals surface area contributed by atoms with Crippen LogP contribution in [0, 0.1) is 0 Å². The predicted molar refractivity (Wildman–Crippen MR) is 107 cm³/mol. The topological polar surface area (TPSA) is 79.5 Å². The molecule has 0 radical (unpaired) electrons. The Kier molecular flexibility index (Phi) is 8.67. The van der Waals surface area contributed by atoms with Crippen molar-refractivity contribution in [1.82, 2.24) is 10.6 Å². The molecule has 2 aromatic rings. The lowest BCUT2D eigenvalue weighted by Crippen LogP contribution is -2.39. The number of carbonyl (C=O) groups excluding carboxylic acids is 2. The molecule has 0 aliphatic carbocycles. The van der Waals surface area contributed by atoms with E-state index in [1.807, 2.05) is 25.1 Å². The zero-order valence-electron chi connectivity index (χ0n) is 16.5. The number of para-hydroxylation sites is 1. The highest BCUT2D eigenvalue weighted by Crippen LogP contribution is 2.16. The lowest BCUT2D eigenvalue weighted by atomic mass is 10.1. The quantitative estimate of drug-likeness (QED) is 0.575. The number of carbonyl (C=O) groups is 2. The molecule has 0 aliphatic heterocycles. The van der Waals surface area contributed by atoms with E-state index in [4.69, 9.17) is 0 Å². The highest BCUT2D eigenvalue weighted by atomic mass is 19.4. The van der Waals surface area contributed by atoms with Crippen LogP contribution in [0.5, 0.6) is 0 Å². The van der Waals surface area contributed by atoms with Crippen LogP contribution < -0.4 is 16.0 Å². The second kappa shape index (κ2) is 11.2. The summed E-state index contributed by atoms with van der Waals surface area (Å²) in [4.78, 5) is 23.9. The minimum atomic E-state index is -4.35. The van der Waals surface area contributed by atoms with Crippen LogP contribution in [0.1, 0.15) is 23.6 Å². The van der Waals surface area contributed by atoms with Crippen molar-refractivity contribution in [2.75, 3.05) is 18.5 Å². The number of benzene rings is 2. The first-order valence-electron chi connectivity index (χ1n) is 9.38. The van der Waals surface area contributed by atoms with E-state index in [0.717, 1.165) is 17.5 Å². The van der Waals surface area contributed by atoms with Gasteiger partial charge in [0.2, 0.25) is 5.91 Å². The summed E-state index contributed by atoms with van der Waals surface area (Å²) in [6.45, 7) is 0.562. The Labute approximate surface area is 172 Å². The number of ether oxygens (including phenoxy) is 1. The molecule has 3 amide bonds. The van der Waals surface area contributed by atoms with Crippen molar-refractivity contribution in [3.8, 4) is 0 Å². The van der Waals surface area contributed by atoms with Crippen molar-refractivity contribution < 1.29 is 27.5 Å². The van der Waals surface area contributed by atoms with E-state index in [1.165, 1.54) is 0 Å². The first-order valence-corrected chi connectivity index (χ1v) is 9.38. The van der Waals surface area contributed by atoms with Gasteiger partial charge >= 0.3 is 12.2 Å². The minimum absolute atomic E-state index is 0.149. The highest BCUT2D eigenvalue weighted by Gasteiger charge is 2.27. The average molecular weight is 423 g/mol. The van der Waals surface area contributed by atoms with Crippen LogP contribution >= 0.6 is 0 Å². The number of nitrogens with one attached hydrogen (secondary N) is 3. The summed E-state index contributed by atoms with van der Waals surface area (Å²) in [5.41, 5.74) is 3.07. The Hall–Kier alpha value is -3.07. The minimum Gasteiger partial charge on any atom is -0.367 e.